The maximum atomic E-state index is 12.3. The van der Waals surface area contributed by atoms with Crippen molar-refractivity contribution in [3.8, 4) is 17.0 Å². The van der Waals surface area contributed by atoms with E-state index in [1.165, 1.54) is 0 Å². The Morgan fingerprint density at radius 2 is 1.91 bits per heavy atom. The summed E-state index contributed by atoms with van der Waals surface area (Å²) in [6.07, 6.45) is 7.39. The van der Waals surface area contributed by atoms with E-state index < -0.39 is 5.60 Å². The van der Waals surface area contributed by atoms with Crippen LogP contribution in [0.25, 0.3) is 16.8 Å². The highest BCUT2D eigenvalue weighted by Gasteiger charge is 2.30. The van der Waals surface area contributed by atoms with Gasteiger partial charge in [-0.3, -0.25) is 0 Å². The lowest BCUT2D eigenvalue weighted by Crippen LogP contribution is -2.42. The van der Waals surface area contributed by atoms with Gasteiger partial charge in [0.05, 0.1) is 17.9 Å². The number of rotatable bonds is 3. The smallest absolute Gasteiger partial charge is 0.410 e. The van der Waals surface area contributed by atoms with Gasteiger partial charge in [0.1, 0.15) is 22.6 Å². The summed E-state index contributed by atoms with van der Waals surface area (Å²) in [4.78, 5) is 14.1. The molecular weight excluding hydrogens is 408 g/mol. The van der Waals surface area contributed by atoms with Gasteiger partial charge in [-0.05, 0) is 65.4 Å². The van der Waals surface area contributed by atoms with Crippen LogP contribution in [0.15, 0.2) is 18.5 Å². The molecule has 0 aromatic carbocycles. The zero-order valence-electron chi connectivity index (χ0n) is 19.1. The van der Waals surface area contributed by atoms with Crippen molar-refractivity contribution >= 4 is 11.6 Å². The molecular formula is C23H30N6O3. The average Bonchev–Trinajstić information content (AvgIpc) is 3.37. The molecule has 1 amide bonds. The Bertz CT molecular complexity index is 1160. The predicted octanol–water partition coefficient (Wildman–Crippen LogP) is 4.06. The molecule has 9 heteroatoms. The van der Waals surface area contributed by atoms with Gasteiger partial charge in [0, 0.05) is 30.4 Å². The summed E-state index contributed by atoms with van der Waals surface area (Å²) in [7, 11) is 0. The SMILES string of the molecule is Cc1c(-c2cc(O)c3c(C4CC4)cnn3c2)nnn1C1CCN(C(=O)OC(C)(C)C)CC1. The minimum Gasteiger partial charge on any atom is -0.506 e. The summed E-state index contributed by atoms with van der Waals surface area (Å²) in [5, 5.41) is 24.0. The lowest BCUT2D eigenvalue weighted by Gasteiger charge is -2.33. The molecule has 2 fully saturated rings. The van der Waals surface area contributed by atoms with Gasteiger partial charge in [0.25, 0.3) is 0 Å². The lowest BCUT2D eigenvalue weighted by molar-refractivity contribution is 0.0184. The standard InChI is InChI=1S/C23H30N6O3/c1-14-20(16-11-19(30)21-18(15-5-6-15)12-24-28(21)13-16)25-26-29(14)17-7-9-27(10-8-17)22(31)32-23(2,3)4/h11-13,15,17,30H,5-10H2,1-4H3. The van der Waals surface area contributed by atoms with E-state index in [-0.39, 0.29) is 17.9 Å². The largest absolute Gasteiger partial charge is 0.506 e. The van der Waals surface area contributed by atoms with Crippen LogP contribution in [0.2, 0.25) is 0 Å². The number of carbonyl (C=O) groups is 1. The molecule has 1 saturated heterocycles. The number of pyridine rings is 1. The Hall–Kier alpha value is -3.10. The maximum Gasteiger partial charge on any atom is 0.410 e. The number of fused-ring (bicyclic) bond motifs is 1. The Morgan fingerprint density at radius 1 is 1.19 bits per heavy atom. The minimum atomic E-state index is -0.494. The molecule has 1 aliphatic carbocycles. The van der Waals surface area contributed by atoms with Crippen LogP contribution in [0.1, 0.15) is 69.7 Å². The highest BCUT2D eigenvalue weighted by molar-refractivity contribution is 5.73. The molecule has 3 aromatic heterocycles. The zero-order chi connectivity index (χ0) is 22.6. The number of hydrogen-bond acceptors (Lipinski definition) is 6. The fraction of sp³-hybridized carbons (Fsp3) is 0.565. The van der Waals surface area contributed by atoms with E-state index in [2.05, 4.69) is 15.4 Å². The summed E-state index contributed by atoms with van der Waals surface area (Å²) in [5.41, 5.74) is 3.87. The van der Waals surface area contributed by atoms with Crippen molar-refractivity contribution in [1.29, 1.82) is 0 Å². The predicted molar refractivity (Wildman–Crippen MR) is 119 cm³/mol. The number of likely N-dealkylation sites (tertiary alicyclic amines) is 1. The maximum absolute atomic E-state index is 12.3. The molecule has 1 N–H and O–H groups in total. The van der Waals surface area contributed by atoms with Crippen molar-refractivity contribution in [3.05, 3.63) is 29.7 Å². The van der Waals surface area contributed by atoms with Crippen molar-refractivity contribution in [1.82, 2.24) is 29.5 Å². The van der Waals surface area contributed by atoms with Crippen molar-refractivity contribution < 1.29 is 14.6 Å². The number of piperidine rings is 1. The molecule has 1 saturated carbocycles. The number of hydrogen-bond donors (Lipinski definition) is 1. The first-order valence-corrected chi connectivity index (χ1v) is 11.3. The zero-order valence-corrected chi connectivity index (χ0v) is 19.1. The first-order chi connectivity index (χ1) is 15.2. The Labute approximate surface area is 187 Å². The highest BCUT2D eigenvalue weighted by atomic mass is 16.6. The Morgan fingerprint density at radius 3 is 2.56 bits per heavy atom. The molecule has 2 aliphatic rings. The average molecular weight is 439 g/mol. The fourth-order valence-corrected chi connectivity index (χ4v) is 4.52. The van der Waals surface area contributed by atoms with E-state index in [9.17, 15) is 9.90 Å². The van der Waals surface area contributed by atoms with Gasteiger partial charge in [-0.2, -0.15) is 5.10 Å². The third kappa shape index (κ3) is 3.80. The van der Waals surface area contributed by atoms with Crippen molar-refractivity contribution in [2.45, 2.75) is 70.9 Å². The molecule has 32 heavy (non-hydrogen) atoms. The second-order valence-electron chi connectivity index (χ2n) is 9.95. The van der Waals surface area contributed by atoms with Crippen LogP contribution in [0.3, 0.4) is 0 Å². The van der Waals surface area contributed by atoms with Gasteiger partial charge in [-0.1, -0.05) is 5.21 Å². The van der Waals surface area contributed by atoms with Gasteiger partial charge in [0.2, 0.25) is 0 Å². The highest BCUT2D eigenvalue weighted by Crippen LogP contribution is 2.44. The normalized spacial score (nSPS) is 17.8. The molecule has 170 valence electrons. The van der Waals surface area contributed by atoms with Crippen LogP contribution < -0.4 is 0 Å². The first kappa shape index (κ1) is 20.8. The molecule has 9 nitrogen and oxygen atoms in total. The van der Waals surface area contributed by atoms with Gasteiger partial charge >= 0.3 is 6.09 Å². The molecule has 0 spiro atoms. The molecule has 3 aromatic rings. The topological polar surface area (TPSA) is 97.8 Å². The van der Waals surface area contributed by atoms with Crippen LogP contribution in [0.4, 0.5) is 4.79 Å². The van der Waals surface area contributed by atoms with E-state index in [0.717, 1.165) is 53.7 Å². The van der Waals surface area contributed by atoms with Crippen LogP contribution in [0, 0.1) is 6.92 Å². The summed E-state index contributed by atoms with van der Waals surface area (Å²) in [6.45, 7) is 8.88. The number of aromatic hydroxyl groups is 1. The lowest BCUT2D eigenvalue weighted by atomic mass is 10.0. The molecule has 4 heterocycles. The monoisotopic (exact) mass is 438 g/mol. The van der Waals surface area contributed by atoms with Crippen LogP contribution in [-0.4, -0.2) is 59.4 Å². The quantitative estimate of drug-likeness (QED) is 0.662. The van der Waals surface area contributed by atoms with Crippen LogP contribution in [-0.2, 0) is 4.74 Å². The van der Waals surface area contributed by atoms with E-state index in [1.54, 1.807) is 15.5 Å². The molecule has 0 bridgehead atoms. The number of nitrogens with zero attached hydrogens (tertiary/aromatic N) is 6. The van der Waals surface area contributed by atoms with Gasteiger partial charge < -0.3 is 14.7 Å². The number of carbonyl (C=O) groups excluding carboxylic acids is 1. The van der Waals surface area contributed by atoms with Crippen molar-refractivity contribution in [2.75, 3.05) is 13.1 Å². The molecule has 0 unspecified atom stereocenters. The second-order valence-corrected chi connectivity index (χ2v) is 9.95. The first-order valence-electron chi connectivity index (χ1n) is 11.3. The van der Waals surface area contributed by atoms with Gasteiger partial charge in [-0.25, -0.2) is 14.0 Å². The fourth-order valence-electron chi connectivity index (χ4n) is 4.52. The number of amides is 1. The molecule has 5 rings (SSSR count). The minimum absolute atomic E-state index is 0.165. The van der Waals surface area contributed by atoms with Crippen LogP contribution >= 0.6 is 0 Å². The van der Waals surface area contributed by atoms with Gasteiger partial charge in [0.15, 0.2) is 0 Å². The van der Waals surface area contributed by atoms with Crippen molar-refractivity contribution in [2.24, 2.45) is 0 Å². The van der Waals surface area contributed by atoms with E-state index in [1.807, 2.05) is 44.8 Å². The van der Waals surface area contributed by atoms with E-state index >= 15 is 0 Å². The summed E-state index contributed by atoms with van der Waals surface area (Å²) >= 11 is 0. The number of aromatic nitrogens is 5. The Kier molecular flexibility index (Phi) is 4.87. The summed E-state index contributed by atoms with van der Waals surface area (Å²) in [5.74, 6) is 0.736. The molecule has 0 atom stereocenters. The molecule has 1 aliphatic heterocycles. The summed E-state index contributed by atoms with van der Waals surface area (Å²) in [6, 6.07) is 1.92. The summed E-state index contributed by atoms with van der Waals surface area (Å²) < 4.78 is 9.18. The van der Waals surface area contributed by atoms with Gasteiger partial charge in [-0.15, -0.1) is 5.10 Å². The van der Waals surface area contributed by atoms with Crippen LogP contribution in [0.5, 0.6) is 5.75 Å². The third-order valence-electron chi connectivity index (χ3n) is 6.30. The third-order valence-corrected chi connectivity index (χ3v) is 6.30. The van der Waals surface area contributed by atoms with E-state index in [4.69, 9.17) is 4.74 Å². The molecule has 0 radical (unpaired) electrons. The van der Waals surface area contributed by atoms with Crippen molar-refractivity contribution in [3.63, 3.8) is 0 Å². The second kappa shape index (κ2) is 7.50. The number of ether oxygens (including phenoxy) is 1. The Balaban J connectivity index is 1.34. The van der Waals surface area contributed by atoms with E-state index in [0.29, 0.717) is 19.0 Å².